The molecule has 11 heteroatoms. The molecule has 0 unspecified atom stereocenters. The van der Waals surface area contributed by atoms with E-state index in [0.29, 0.717) is 0 Å². The van der Waals surface area contributed by atoms with Crippen LogP contribution in [-0.4, -0.2) is 40.3 Å². The van der Waals surface area contributed by atoms with Crippen molar-refractivity contribution in [3.8, 4) is 0 Å². The summed E-state index contributed by atoms with van der Waals surface area (Å²) >= 11 is 0. The van der Waals surface area contributed by atoms with Crippen molar-refractivity contribution in [2.75, 3.05) is 0 Å². The minimum atomic E-state index is -5.08. The summed E-state index contributed by atoms with van der Waals surface area (Å²) < 4.78 is 31.7. The molecular formula is C7H12F3N3O5. The number of hydrogen-bond acceptors (Lipinski definition) is 5. The molecule has 0 aliphatic rings. The third kappa shape index (κ3) is 10.6. The Morgan fingerprint density at radius 3 is 1.83 bits per heavy atom. The van der Waals surface area contributed by atoms with Crippen LogP contribution in [0.15, 0.2) is 0 Å². The van der Waals surface area contributed by atoms with Gasteiger partial charge in [0.2, 0.25) is 0 Å². The number of nitrogens with two attached hydrogens (primary N) is 2. The third-order valence-electron chi connectivity index (χ3n) is 1.39. The van der Waals surface area contributed by atoms with E-state index in [1.807, 2.05) is 5.43 Å². The molecule has 0 aromatic carbocycles. The maximum absolute atomic E-state index is 10.6. The molecule has 0 fully saturated rings. The second-order valence-corrected chi connectivity index (χ2v) is 2.85. The number of carbonyl (C=O) groups excluding carboxylic acids is 1. The summed E-state index contributed by atoms with van der Waals surface area (Å²) in [7, 11) is 0. The normalized spacial score (nSPS) is 11.8. The van der Waals surface area contributed by atoms with E-state index in [0.717, 1.165) is 0 Å². The lowest BCUT2D eigenvalue weighted by Crippen LogP contribution is -2.44. The van der Waals surface area contributed by atoms with Crippen molar-refractivity contribution < 1.29 is 37.8 Å². The van der Waals surface area contributed by atoms with Gasteiger partial charge in [-0.15, -0.1) is 0 Å². The molecule has 0 bridgehead atoms. The number of nitrogens with one attached hydrogen (secondary N) is 1. The van der Waals surface area contributed by atoms with Gasteiger partial charge in [0.05, 0.1) is 6.04 Å². The van der Waals surface area contributed by atoms with Crippen LogP contribution in [-0.2, 0) is 14.4 Å². The molecule has 1 atom stereocenters. The van der Waals surface area contributed by atoms with Crippen molar-refractivity contribution in [1.29, 1.82) is 0 Å². The molecule has 0 aliphatic heterocycles. The fourth-order valence-corrected chi connectivity index (χ4v) is 0.517. The standard InChI is InChI=1S/C5H11N3O3.C2HF3O2/c6-3(5(11)8-7)1-2-4(9)10;3-2(4,5)1(6)7/h3H,1-2,6-7H2,(H,8,11)(H,9,10);(H,6,7)/t3-;/m0./s1. The zero-order valence-corrected chi connectivity index (χ0v) is 8.90. The number of alkyl halides is 3. The Kier molecular flexibility index (Phi) is 8.47. The maximum Gasteiger partial charge on any atom is 0.490 e. The molecule has 8 nitrogen and oxygen atoms in total. The quantitative estimate of drug-likeness (QED) is 0.245. The lowest BCUT2D eigenvalue weighted by atomic mass is 10.1. The molecule has 1 amide bonds. The summed E-state index contributed by atoms with van der Waals surface area (Å²) in [5.74, 6) is 0.464. The molecule has 18 heavy (non-hydrogen) atoms. The monoisotopic (exact) mass is 275 g/mol. The zero-order valence-electron chi connectivity index (χ0n) is 8.90. The first-order chi connectivity index (χ1) is 8.02. The number of amides is 1. The van der Waals surface area contributed by atoms with Crippen LogP contribution < -0.4 is 17.0 Å². The van der Waals surface area contributed by atoms with Gasteiger partial charge in [0.25, 0.3) is 5.91 Å². The Hall–Kier alpha value is -1.88. The number of hydrazine groups is 1. The molecule has 0 spiro atoms. The lowest BCUT2D eigenvalue weighted by Gasteiger charge is -2.06. The number of halogens is 3. The number of aliphatic carboxylic acids is 2. The van der Waals surface area contributed by atoms with Crippen LogP contribution in [0.3, 0.4) is 0 Å². The van der Waals surface area contributed by atoms with Gasteiger partial charge in [0, 0.05) is 6.42 Å². The van der Waals surface area contributed by atoms with Crippen LogP contribution >= 0.6 is 0 Å². The molecule has 0 aromatic heterocycles. The van der Waals surface area contributed by atoms with E-state index < -0.39 is 30.1 Å². The molecule has 0 aliphatic carbocycles. The molecular weight excluding hydrogens is 263 g/mol. The molecule has 0 heterocycles. The fraction of sp³-hybridized carbons (Fsp3) is 0.571. The summed E-state index contributed by atoms with van der Waals surface area (Å²) in [4.78, 5) is 29.5. The van der Waals surface area contributed by atoms with Gasteiger partial charge in [-0.1, -0.05) is 0 Å². The van der Waals surface area contributed by atoms with Crippen LogP contribution in [0.25, 0.3) is 0 Å². The molecule has 0 saturated carbocycles. The number of carboxylic acids is 2. The Bertz CT molecular complexity index is 307. The number of carboxylic acid groups (broad SMARTS) is 2. The van der Waals surface area contributed by atoms with Crippen molar-refractivity contribution >= 4 is 17.8 Å². The van der Waals surface area contributed by atoms with E-state index in [4.69, 9.17) is 26.6 Å². The van der Waals surface area contributed by atoms with E-state index in [2.05, 4.69) is 0 Å². The molecule has 0 radical (unpaired) electrons. The van der Waals surface area contributed by atoms with Crippen LogP contribution in [0.1, 0.15) is 12.8 Å². The van der Waals surface area contributed by atoms with Crippen LogP contribution in [0.4, 0.5) is 13.2 Å². The number of rotatable bonds is 4. The number of hydrogen-bond donors (Lipinski definition) is 5. The van der Waals surface area contributed by atoms with Crippen molar-refractivity contribution in [1.82, 2.24) is 5.43 Å². The highest BCUT2D eigenvalue weighted by atomic mass is 19.4. The predicted molar refractivity (Wildman–Crippen MR) is 50.9 cm³/mol. The van der Waals surface area contributed by atoms with Gasteiger partial charge in [-0.25, -0.2) is 10.6 Å². The SMILES string of the molecule is NNC(=O)[C@@H](N)CCC(=O)O.O=C(O)C(F)(F)F. The molecule has 106 valence electrons. The smallest absolute Gasteiger partial charge is 0.481 e. The van der Waals surface area contributed by atoms with Gasteiger partial charge < -0.3 is 15.9 Å². The predicted octanol–water partition coefficient (Wildman–Crippen LogP) is -1.20. The molecule has 7 N–H and O–H groups in total. The summed E-state index contributed by atoms with van der Waals surface area (Å²) in [6.07, 6.45) is -5.12. The van der Waals surface area contributed by atoms with Crippen molar-refractivity contribution in [2.45, 2.75) is 25.1 Å². The fourth-order valence-electron chi connectivity index (χ4n) is 0.517. The third-order valence-corrected chi connectivity index (χ3v) is 1.39. The topological polar surface area (TPSA) is 156 Å². The Morgan fingerprint density at radius 2 is 1.61 bits per heavy atom. The highest BCUT2D eigenvalue weighted by Crippen LogP contribution is 2.13. The van der Waals surface area contributed by atoms with Crippen LogP contribution in [0.2, 0.25) is 0 Å². The number of carbonyl (C=O) groups is 3. The Morgan fingerprint density at radius 1 is 1.22 bits per heavy atom. The largest absolute Gasteiger partial charge is 0.490 e. The van der Waals surface area contributed by atoms with Crippen molar-refractivity contribution in [2.24, 2.45) is 11.6 Å². The summed E-state index contributed by atoms with van der Waals surface area (Å²) in [5.41, 5.74) is 7.05. The molecule has 0 aromatic rings. The highest BCUT2D eigenvalue weighted by molar-refractivity contribution is 5.81. The Labute approximate surface area is 98.7 Å². The average Bonchev–Trinajstić information content (AvgIpc) is 2.24. The van der Waals surface area contributed by atoms with Gasteiger partial charge in [-0.05, 0) is 6.42 Å². The van der Waals surface area contributed by atoms with Crippen molar-refractivity contribution in [3.63, 3.8) is 0 Å². The maximum atomic E-state index is 10.6. The molecule has 0 rings (SSSR count). The van der Waals surface area contributed by atoms with Gasteiger partial charge in [0.1, 0.15) is 0 Å². The lowest BCUT2D eigenvalue weighted by molar-refractivity contribution is -0.192. The first-order valence-electron chi connectivity index (χ1n) is 4.30. The van der Waals surface area contributed by atoms with E-state index in [-0.39, 0.29) is 12.8 Å². The highest BCUT2D eigenvalue weighted by Gasteiger charge is 2.38. The summed E-state index contributed by atoms with van der Waals surface area (Å²) in [6, 6.07) is -0.837. The summed E-state index contributed by atoms with van der Waals surface area (Å²) in [5, 5.41) is 15.3. The average molecular weight is 275 g/mol. The second-order valence-electron chi connectivity index (χ2n) is 2.85. The first kappa shape index (κ1) is 18.5. The van der Waals surface area contributed by atoms with Gasteiger partial charge in [-0.3, -0.25) is 15.0 Å². The van der Waals surface area contributed by atoms with Crippen LogP contribution in [0, 0.1) is 0 Å². The minimum absolute atomic E-state index is 0.0956. The second kappa shape index (κ2) is 8.25. The van der Waals surface area contributed by atoms with Gasteiger partial charge >= 0.3 is 18.1 Å². The van der Waals surface area contributed by atoms with E-state index in [9.17, 15) is 22.8 Å². The van der Waals surface area contributed by atoms with Crippen molar-refractivity contribution in [3.05, 3.63) is 0 Å². The van der Waals surface area contributed by atoms with E-state index in [1.54, 1.807) is 0 Å². The zero-order chi connectivity index (χ0) is 14.9. The van der Waals surface area contributed by atoms with Gasteiger partial charge in [-0.2, -0.15) is 13.2 Å². The molecule has 0 saturated heterocycles. The van der Waals surface area contributed by atoms with Gasteiger partial charge in [0.15, 0.2) is 0 Å². The summed E-state index contributed by atoms with van der Waals surface area (Å²) in [6.45, 7) is 0. The van der Waals surface area contributed by atoms with Crippen LogP contribution in [0.5, 0.6) is 0 Å². The Balaban J connectivity index is 0. The van der Waals surface area contributed by atoms with E-state index >= 15 is 0 Å². The van der Waals surface area contributed by atoms with E-state index in [1.165, 1.54) is 0 Å². The minimum Gasteiger partial charge on any atom is -0.481 e. The first-order valence-corrected chi connectivity index (χ1v) is 4.30.